The number of hydrogen-bond donors (Lipinski definition) is 4. The minimum absolute atomic E-state index is 0.0171. The highest BCUT2D eigenvalue weighted by molar-refractivity contribution is 7.80. The number of nitrogens with one attached hydrogen (secondary N) is 2. The molecule has 120 valence electrons. The highest BCUT2D eigenvalue weighted by atomic mass is 35.5. The second-order valence-electron chi connectivity index (χ2n) is 4.55. The van der Waals surface area contributed by atoms with E-state index in [1.165, 1.54) is 30.5 Å². The predicted octanol–water partition coefficient (Wildman–Crippen LogP) is 2.89. The Hall–Kier alpha value is -2.38. The first kappa shape index (κ1) is 17.0. The van der Waals surface area contributed by atoms with Crippen molar-refractivity contribution in [3.05, 3.63) is 58.4 Å². The molecule has 4 N–H and O–H groups in total. The lowest BCUT2D eigenvalue weighted by Crippen LogP contribution is -2.31. The minimum atomic E-state index is -0.381. The average Bonchev–Trinajstić information content (AvgIpc) is 2.52. The maximum Gasteiger partial charge on any atom is 0.187 e. The highest BCUT2D eigenvalue weighted by Crippen LogP contribution is 2.33. The Morgan fingerprint density at radius 1 is 1.26 bits per heavy atom. The summed E-state index contributed by atoms with van der Waals surface area (Å²) in [6, 6.07) is 8.78. The summed E-state index contributed by atoms with van der Waals surface area (Å²) < 4.78 is 12.8. The molecule has 0 aliphatic carbocycles. The van der Waals surface area contributed by atoms with E-state index in [0.29, 0.717) is 12.1 Å². The van der Waals surface area contributed by atoms with Crippen molar-refractivity contribution in [2.45, 2.75) is 6.54 Å². The van der Waals surface area contributed by atoms with E-state index in [1.807, 2.05) is 0 Å². The van der Waals surface area contributed by atoms with Crippen LogP contribution in [0.15, 0.2) is 41.5 Å². The number of halogens is 2. The molecule has 0 bridgehead atoms. The molecule has 0 aliphatic heterocycles. The SMILES string of the molecule is Oc1cc(/C=N/NC(=S)NCc2ccc(F)cc2)cc(Cl)c1O. The molecule has 0 heterocycles. The van der Waals surface area contributed by atoms with Crippen LogP contribution in [0.3, 0.4) is 0 Å². The van der Waals surface area contributed by atoms with Crippen molar-refractivity contribution in [3.8, 4) is 11.5 Å². The second-order valence-corrected chi connectivity index (χ2v) is 5.37. The van der Waals surface area contributed by atoms with Crippen molar-refractivity contribution >= 4 is 35.1 Å². The fourth-order valence-electron chi connectivity index (χ4n) is 1.67. The number of rotatable bonds is 4. The number of nitrogens with zero attached hydrogens (tertiary/aromatic N) is 1. The van der Waals surface area contributed by atoms with Crippen LogP contribution in [-0.2, 0) is 6.54 Å². The molecule has 0 unspecified atom stereocenters. The van der Waals surface area contributed by atoms with Crippen molar-refractivity contribution in [1.82, 2.24) is 10.7 Å². The number of phenols is 2. The third kappa shape index (κ3) is 5.08. The van der Waals surface area contributed by atoms with Crippen molar-refractivity contribution in [3.63, 3.8) is 0 Å². The molecule has 0 aliphatic rings. The van der Waals surface area contributed by atoms with Crippen LogP contribution in [0.5, 0.6) is 11.5 Å². The van der Waals surface area contributed by atoms with E-state index < -0.39 is 0 Å². The molecule has 0 saturated carbocycles. The van der Waals surface area contributed by atoms with Gasteiger partial charge in [0, 0.05) is 6.54 Å². The molecule has 0 aromatic heterocycles. The summed E-state index contributed by atoms with van der Waals surface area (Å²) in [6.45, 7) is 0.424. The van der Waals surface area contributed by atoms with Crippen molar-refractivity contribution in [1.29, 1.82) is 0 Å². The van der Waals surface area contributed by atoms with Gasteiger partial charge >= 0.3 is 0 Å². The molecule has 2 rings (SSSR count). The Bertz CT molecular complexity index is 715. The van der Waals surface area contributed by atoms with Crippen LogP contribution in [0.2, 0.25) is 5.02 Å². The van der Waals surface area contributed by atoms with Crippen LogP contribution in [0, 0.1) is 5.82 Å². The summed E-state index contributed by atoms with van der Waals surface area (Å²) in [5, 5.41) is 25.9. The summed E-state index contributed by atoms with van der Waals surface area (Å²) in [4.78, 5) is 0. The molecule has 0 fully saturated rings. The third-order valence-corrected chi connectivity index (χ3v) is 3.34. The maximum absolute atomic E-state index is 12.8. The lowest BCUT2D eigenvalue weighted by atomic mass is 10.2. The quantitative estimate of drug-likeness (QED) is 0.294. The number of thiocarbonyl (C=S) groups is 1. The van der Waals surface area contributed by atoms with Gasteiger partial charge in [-0.2, -0.15) is 5.10 Å². The monoisotopic (exact) mass is 353 g/mol. The lowest BCUT2D eigenvalue weighted by molar-refractivity contribution is 0.404. The number of hydrogen-bond acceptors (Lipinski definition) is 4. The molecule has 8 heteroatoms. The first-order valence-corrected chi connectivity index (χ1v) is 7.27. The van der Waals surface area contributed by atoms with Crippen LogP contribution < -0.4 is 10.7 Å². The van der Waals surface area contributed by atoms with Gasteiger partial charge in [0.1, 0.15) is 5.82 Å². The van der Waals surface area contributed by atoms with Gasteiger partial charge in [-0.25, -0.2) is 4.39 Å². The molecule has 0 radical (unpaired) electrons. The van der Waals surface area contributed by atoms with Gasteiger partial charge in [-0.3, -0.25) is 5.43 Å². The fraction of sp³-hybridized carbons (Fsp3) is 0.0667. The van der Waals surface area contributed by atoms with Gasteiger partial charge in [-0.15, -0.1) is 0 Å². The molecule has 5 nitrogen and oxygen atoms in total. The molecule has 2 aromatic rings. The van der Waals surface area contributed by atoms with Crippen LogP contribution in [-0.4, -0.2) is 21.5 Å². The van der Waals surface area contributed by atoms with Gasteiger partial charge in [0.2, 0.25) is 0 Å². The number of benzene rings is 2. The largest absolute Gasteiger partial charge is 0.504 e. The molecular weight excluding hydrogens is 341 g/mol. The van der Waals surface area contributed by atoms with Gasteiger partial charge in [0.25, 0.3) is 0 Å². The van der Waals surface area contributed by atoms with Crippen LogP contribution >= 0.6 is 23.8 Å². The van der Waals surface area contributed by atoms with Crippen molar-refractivity contribution < 1.29 is 14.6 Å². The summed E-state index contributed by atoms with van der Waals surface area (Å²) in [7, 11) is 0. The lowest BCUT2D eigenvalue weighted by Gasteiger charge is -2.07. The number of hydrazone groups is 1. The Morgan fingerprint density at radius 3 is 2.61 bits per heavy atom. The van der Waals surface area contributed by atoms with E-state index in [1.54, 1.807) is 12.1 Å². The first-order chi connectivity index (χ1) is 11.0. The van der Waals surface area contributed by atoms with Gasteiger partial charge < -0.3 is 15.5 Å². The maximum atomic E-state index is 12.8. The Labute approximate surface area is 142 Å². The summed E-state index contributed by atoms with van der Waals surface area (Å²) in [6.07, 6.45) is 1.39. The van der Waals surface area contributed by atoms with Gasteiger partial charge in [0.15, 0.2) is 16.6 Å². The van der Waals surface area contributed by atoms with Crippen LogP contribution in [0.1, 0.15) is 11.1 Å². The third-order valence-electron chi connectivity index (χ3n) is 2.81. The smallest absolute Gasteiger partial charge is 0.187 e. The summed E-state index contributed by atoms with van der Waals surface area (Å²) in [5.74, 6) is -1.01. The molecule has 0 amide bonds. The molecule has 23 heavy (non-hydrogen) atoms. The Morgan fingerprint density at radius 2 is 1.96 bits per heavy atom. The molecular formula is C15H13ClFN3O2S. The average molecular weight is 354 g/mol. The Kier molecular flexibility index (Phi) is 5.72. The molecule has 2 aromatic carbocycles. The van der Waals surface area contributed by atoms with E-state index in [4.69, 9.17) is 23.8 Å². The first-order valence-electron chi connectivity index (χ1n) is 6.48. The van der Waals surface area contributed by atoms with Gasteiger partial charge in [-0.1, -0.05) is 23.7 Å². The van der Waals surface area contributed by atoms with E-state index in [0.717, 1.165) is 5.56 Å². The van der Waals surface area contributed by atoms with Crippen molar-refractivity contribution in [2.75, 3.05) is 0 Å². The summed E-state index contributed by atoms with van der Waals surface area (Å²) >= 11 is 10.8. The topological polar surface area (TPSA) is 76.9 Å². The standard InChI is InChI=1S/C15H13ClFN3O2S/c16-12-5-10(6-13(21)14(12)22)8-19-20-15(23)18-7-9-1-3-11(17)4-2-9/h1-6,8,21-22H,7H2,(H2,18,20,23)/b19-8+. The summed E-state index contributed by atoms with van der Waals surface area (Å²) in [5.41, 5.74) is 3.95. The minimum Gasteiger partial charge on any atom is -0.504 e. The molecule has 0 atom stereocenters. The van der Waals surface area contributed by atoms with E-state index in [9.17, 15) is 14.6 Å². The highest BCUT2D eigenvalue weighted by Gasteiger charge is 2.05. The zero-order valence-corrected chi connectivity index (χ0v) is 13.3. The van der Waals surface area contributed by atoms with Gasteiger partial charge in [0.05, 0.1) is 11.2 Å². The van der Waals surface area contributed by atoms with Crippen LogP contribution in [0.25, 0.3) is 0 Å². The van der Waals surface area contributed by atoms with E-state index >= 15 is 0 Å². The zero-order chi connectivity index (χ0) is 16.8. The zero-order valence-electron chi connectivity index (χ0n) is 11.8. The van der Waals surface area contributed by atoms with Gasteiger partial charge in [-0.05, 0) is 47.6 Å². The van der Waals surface area contributed by atoms with Crippen molar-refractivity contribution in [2.24, 2.45) is 5.10 Å². The fourth-order valence-corrected chi connectivity index (χ4v) is 2.02. The number of phenolic OH excluding ortho intramolecular Hbond substituents is 2. The van der Waals surface area contributed by atoms with E-state index in [-0.39, 0.29) is 27.5 Å². The molecule has 0 saturated heterocycles. The predicted molar refractivity (Wildman–Crippen MR) is 91.3 cm³/mol. The second kappa shape index (κ2) is 7.75. The van der Waals surface area contributed by atoms with E-state index in [2.05, 4.69) is 15.8 Å². The molecule has 0 spiro atoms. The Balaban J connectivity index is 1.85. The van der Waals surface area contributed by atoms with Crippen LogP contribution in [0.4, 0.5) is 4.39 Å². The normalized spacial score (nSPS) is 10.7. The number of aromatic hydroxyl groups is 2.